The van der Waals surface area contributed by atoms with Crippen LogP contribution < -0.4 is 20.7 Å². The van der Waals surface area contributed by atoms with Gasteiger partial charge in [-0.3, -0.25) is 4.79 Å². The number of hydrogen-bond donors (Lipinski definition) is 2. The predicted octanol–water partition coefficient (Wildman–Crippen LogP) is 0.572. The summed E-state index contributed by atoms with van der Waals surface area (Å²) in [6.45, 7) is 2.01. The third-order valence-electron chi connectivity index (χ3n) is 4.16. The van der Waals surface area contributed by atoms with Gasteiger partial charge in [-0.1, -0.05) is 0 Å². The number of carbonyl (C=O) groups excluding carboxylic acids is 1. The summed E-state index contributed by atoms with van der Waals surface area (Å²) < 4.78 is 0.715. The lowest BCUT2D eigenvalue weighted by Crippen LogP contribution is -2.40. The third kappa shape index (κ3) is 3.99. The van der Waals surface area contributed by atoms with Gasteiger partial charge in [0.25, 0.3) is 5.91 Å². The topological polar surface area (TPSA) is 98.2 Å². The molecule has 7 nitrogen and oxygen atoms in total. The monoisotopic (exact) mass is 327 g/mol. The van der Waals surface area contributed by atoms with Crippen molar-refractivity contribution >= 4 is 11.7 Å². The van der Waals surface area contributed by atoms with Gasteiger partial charge >= 0.3 is 0 Å². The number of pyridine rings is 2. The molecule has 3 heterocycles. The van der Waals surface area contributed by atoms with E-state index in [0.717, 1.165) is 37.3 Å². The first-order chi connectivity index (χ1) is 11.6. The lowest BCUT2D eigenvalue weighted by atomic mass is 10.1. The number of aromatic nitrogens is 2. The molecule has 2 aromatic heterocycles. The lowest BCUT2D eigenvalue weighted by molar-refractivity contribution is -0.605. The fourth-order valence-electron chi connectivity index (χ4n) is 2.75. The highest BCUT2D eigenvalue weighted by Gasteiger charge is 2.18. The molecule has 0 aliphatic carbocycles. The second-order valence-corrected chi connectivity index (χ2v) is 5.98. The first-order valence-electron chi connectivity index (χ1n) is 8.04. The second kappa shape index (κ2) is 7.27. The molecule has 1 saturated heterocycles. The van der Waals surface area contributed by atoms with Crippen LogP contribution in [0.15, 0.2) is 42.9 Å². The van der Waals surface area contributed by atoms with Crippen molar-refractivity contribution < 1.29 is 9.52 Å². The molecule has 0 unspecified atom stereocenters. The van der Waals surface area contributed by atoms with Gasteiger partial charge in [-0.05, 0) is 31.0 Å². The highest BCUT2D eigenvalue weighted by Crippen LogP contribution is 2.18. The quantitative estimate of drug-likeness (QED) is 0.632. The fourth-order valence-corrected chi connectivity index (χ4v) is 2.75. The van der Waals surface area contributed by atoms with Crippen molar-refractivity contribution in [1.82, 2.24) is 10.3 Å². The van der Waals surface area contributed by atoms with Crippen LogP contribution in [0.2, 0.25) is 0 Å². The molecule has 24 heavy (non-hydrogen) atoms. The molecule has 126 valence electrons. The molecular weight excluding hydrogens is 306 g/mol. The SMILES string of the molecule is NC1CCN(c2cc(C(=O)NCc3ccc[n+]([O-])c3)ccn2)CC1. The minimum absolute atomic E-state index is 0.186. The van der Waals surface area contributed by atoms with Crippen LogP contribution in [0.3, 0.4) is 0 Å². The van der Waals surface area contributed by atoms with E-state index in [1.807, 2.05) is 0 Å². The fraction of sp³-hybridized carbons (Fsp3) is 0.353. The zero-order valence-electron chi connectivity index (χ0n) is 13.4. The zero-order valence-corrected chi connectivity index (χ0v) is 13.4. The summed E-state index contributed by atoms with van der Waals surface area (Å²) in [6.07, 6.45) is 6.36. The molecule has 2 aromatic rings. The Labute approximate surface area is 140 Å². The minimum Gasteiger partial charge on any atom is -0.619 e. The average Bonchev–Trinajstić information content (AvgIpc) is 2.60. The summed E-state index contributed by atoms with van der Waals surface area (Å²) in [7, 11) is 0. The second-order valence-electron chi connectivity index (χ2n) is 5.98. The Kier molecular flexibility index (Phi) is 4.90. The number of carbonyl (C=O) groups is 1. The van der Waals surface area contributed by atoms with Gasteiger partial charge in [-0.25, -0.2) is 4.98 Å². The van der Waals surface area contributed by atoms with Crippen LogP contribution in [-0.2, 0) is 6.54 Å². The highest BCUT2D eigenvalue weighted by molar-refractivity contribution is 5.94. The van der Waals surface area contributed by atoms with Crippen LogP contribution in [0.1, 0.15) is 28.8 Å². The van der Waals surface area contributed by atoms with Crippen LogP contribution in [-0.4, -0.2) is 30.0 Å². The summed E-state index contributed by atoms with van der Waals surface area (Å²) in [6, 6.07) is 7.18. The molecule has 0 spiro atoms. The van der Waals surface area contributed by atoms with E-state index >= 15 is 0 Å². The molecule has 1 aliphatic heterocycles. The van der Waals surface area contributed by atoms with E-state index in [1.54, 1.807) is 30.5 Å². The molecule has 7 heteroatoms. The molecule has 0 saturated carbocycles. The smallest absolute Gasteiger partial charge is 0.251 e. The summed E-state index contributed by atoms with van der Waals surface area (Å²) in [5, 5.41) is 14.1. The van der Waals surface area contributed by atoms with Gasteiger partial charge in [0.05, 0.1) is 0 Å². The maximum Gasteiger partial charge on any atom is 0.251 e. The van der Waals surface area contributed by atoms with Crippen LogP contribution in [0.5, 0.6) is 0 Å². The van der Waals surface area contributed by atoms with Crippen molar-refractivity contribution in [2.75, 3.05) is 18.0 Å². The number of amides is 1. The molecular formula is C17H21N5O2. The summed E-state index contributed by atoms with van der Waals surface area (Å²) in [4.78, 5) is 18.8. The Bertz CT molecular complexity index is 714. The Balaban J connectivity index is 1.63. The van der Waals surface area contributed by atoms with E-state index in [9.17, 15) is 10.0 Å². The molecule has 0 radical (unpaired) electrons. The molecule has 0 bridgehead atoms. The van der Waals surface area contributed by atoms with E-state index in [1.165, 1.54) is 12.4 Å². The zero-order chi connectivity index (χ0) is 16.9. The van der Waals surface area contributed by atoms with E-state index in [2.05, 4.69) is 15.2 Å². The Morgan fingerprint density at radius 3 is 2.96 bits per heavy atom. The van der Waals surface area contributed by atoms with Gasteiger partial charge in [0, 0.05) is 49.1 Å². The van der Waals surface area contributed by atoms with Gasteiger partial charge in [0.1, 0.15) is 5.82 Å². The van der Waals surface area contributed by atoms with Crippen molar-refractivity contribution in [3.05, 3.63) is 59.2 Å². The number of anilines is 1. The van der Waals surface area contributed by atoms with Crippen molar-refractivity contribution in [3.63, 3.8) is 0 Å². The third-order valence-corrected chi connectivity index (χ3v) is 4.16. The number of nitrogens with one attached hydrogen (secondary N) is 1. The number of piperidine rings is 1. The van der Waals surface area contributed by atoms with E-state index in [4.69, 9.17) is 5.73 Å². The number of rotatable bonds is 4. The number of nitrogens with two attached hydrogens (primary N) is 1. The maximum absolute atomic E-state index is 12.3. The molecule has 1 amide bonds. The van der Waals surface area contributed by atoms with Gasteiger partial charge in [-0.15, -0.1) is 0 Å². The van der Waals surface area contributed by atoms with E-state index < -0.39 is 0 Å². The summed E-state index contributed by atoms with van der Waals surface area (Å²) >= 11 is 0. The van der Waals surface area contributed by atoms with Crippen LogP contribution in [0.25, 0.3) is 0 Å². The first-order valence-corrected chi connectivity index (χ1v) is 8.04. The van der Waals surface area contributed by atoms with Gasteiger partial charge < -0.3 is 21.2 Å². The molecule has 1 fully saturated rings. The number of hydrogen-bond acceptors (Lipinski definition) is 5. The van der Waals surface area contributed by atoms with Crippen LogP contribution in [0.4, 0.5) is 5.82 Å². The Hall–Kier alpha value is -2.67. The molecule has 0 atom stereocenters. The first kappa shape index (κ1) is 16.2. The standard InChI is InChI=1S/C17H21N5O2/c18-15-4-8-21(9-5-15)16-10-14(3-6-19-16)17(23)20-11-13-2-1-7-22(24)12-13/h1-3,6-7,10,12,15H,4-5,8-9,11,18H2,(H,20,23). The van der Waals surface area contributed by atoms with Crippen LogP contribution >= 0.6 is 0 Å². The Morgan fingerprint density at radius 1 is 1.42 bits per heavy atom. The van der Waals surface area contributed by atoms with Crippen LogP contribution in [0, 0.1) is 5.21 Å². The average molecular weight is 327 g/mol. The minimum atomic E-state index is -0.186. The molecule has 3 rings (SSSR count). The van der Waals surface area contributed by atoms with Gasteiger partial charge in [0.2, 0.25) is 0 Å². The lowest BCUT2D eigenvalue weighted by Gasteiger charge is -2.31. The maximum atomic E-state index is 12.3. The van der Waals surface area contributed by atoms with Crippen molar-refractivity contribution in [2.24, 2.45) is 5.73 Å². The van der Waals surface area contributed by atoms with Crippen molar-refractivity contribution in [2.45, 2.75) is 25.4 Å². The highest BCUT2D eigenvalue weighted by atomic mass is 16.5. The number of nitrogens with zero attached hydrogens (tertiary/aromatic N) is 3. The van der Waals surface area contributed by atoms with Gasteiger partial charge in [0.15, 0.2) is 12.4 Å². The van der Waals surface area contributed by atoms with Crippen molar-refractivity contribution in [1.29, 1.82) is 0 Å². The largest absolute Gasteiger partial charge is 0.619 e. The van der Waals surface area contributed by atoms with E-state index in [0.29, 0.717) is 16.8 Å². The summed E-state index contributed by atoms with van der Waals surface area (Å²) in [5.41, 5.74) is 7.23. The molecule has 3 N–H and O–H groups in total. The normalized spacial score (nSPS) is 15.3. The predicted molar refractivity (Wildman–Crippen MR) is 90.2 cm³/mol. The van der Waals surface area contributed by atoms with Crippen molar-refractivity contribution in [3.8, 4) is 0 Å². The molecule has 0 aromatic carbocycles. The Morgan fingerprint density at radius 2 is 2.21 bits per heavy atom. The van der Waals surface area contributed by atoms with E-state index in [-0.39, 0.29) is 11.9 Å². The molecule has 1 aliphatic rings. The van der Waals surface area contributed by atoms with Gasteiger partial charge in [-0.2, -0.15) is 4.73 Å². The summed E-state index contributed by atoms with van der Waals surface area (Å²) in [5.74, 6) is 0.611.